The summed E-state index contributed by atoms with van der Waals surface area (Å²) < 4.78 is 12.7. The Bertz CT molecular complexity index is 1020. The van der Waals surface area contributed by atoms with Crippen LogP contribution >= 0.6 is 15.9 Å². The van der Waals surface area contributed by atoms with Crippen LogP contribution in [-0.4, -0.2) is 17.8 Å². The van der Waals surface area contributed by atoms with Crippen molar-refractivity contribution in [2.45, 2.75) is 38.8 Å². The molecular formula is C23H24BrNO3. The molecule has 0 amide bonds. The Labute approximate surface area is 174 Å². The molecule has 4 rings (SSSR count). The van der Waals surface area contributed by atoms with Gasteiger partial charge in [0.15, 0.2) is 11.5 Å². The van der Waals surface area contributed by atoms with Crippen LogP contribution in [0.25, 0.3) is 16.7 Å². The summed E-state index contributed by atoms with van der Waals surface area (Å²) in [4.78, 5) is 0. The highest BCUT2D eigenvalue weighted by Crippen LogP contribution is 2.56. The molecule has 2 heterocycles. The largest absolute Gasteiger partial charge is 0.504 e. The van der Waals surface area contributed by atoms with Crippen LogP contribution in [0.5, 0.6) is 17.2 Å². The van der Waals surface area contributed by atoms with E-state index in [1.807, 2.05) is 6.08 Å². The maximum absolute atomic E-state index is 10.5. The van der Waals surface area contributed by atoms with Gasteiger partial charge in [0.05, 0.1) is 22.7 Å². The third-order valence-corrected chi connectivity index (χ3v) is 5.87. The van der Waals surface area contributed by atoms with Crippen LogP contribution in [0.15, 0.2) is 41.4 Å². The van der Waals surface area contributed by atoms with E-state index < -0.39 is 0 Å². The fourth-order valence-corrected chi connectivity index (χ4v) is 4.89. The number of anilines is 1. The normalized spacial score (nSPS) is 18.6. The molecule has 0 saturated carbocycles. The number of ether oxygens (including phenoxy) is 2. The minimum absolute atomic E-state index is 0.0779. The second kappa shape index (κ2) is 6.59. The molecule has 146 valence electrons. The standard InChI is InChI=1S/C23H24BrNO3/c1-6-7-17-19-13(8-9-15-18(19)12(2)11-23(3,4)25-15)20-21(28-17)14(24)10-16(26)22(20)27-5/h6,8-11,17,25-26H,1,7H2,2-5H3. The van der Waals surface area contributed by atoms with Gasteiger partial charge in [0, 0.05) is 29.3 Å². The lowest BCUT2D eigenvalue weighted by atomic mass is 9.81. The molecule has 0 aromatic heterocycles. The van der Waals surface area contributed by atoms with Crippen molar-refractivity contribution in [3.8, 4) is 28.4 Å². The summed E-state index contributed by atoms with van der Waals surface area (Å²) in [5, 5.41) is 14.1. The minimum Gasteiger partial charge on any atom is -0.504 e. The highest BCUT2D eigenvalue weighted by Gasteiger charge is 2.36. The zero-order valence-corrected chi connectivity index (χ0v) is 18.1. The Morgan fingerprint density at radius 1 is 1.36 bits per heavy atom. The first-order chi connectivity index (χ1) is 13.3. The summed E-state index contributed by atoms with van der Waals surface area (Å²) in [6, 6.07) is 5.80. The predicted molar refractivity (Wildman–Crippen MR) is 117 cm³/mol. The first-order valence-corrected chi connectivity index (χ1v) is 10.1. The van der Waals surface area contributed by atoms with Crippen LogP contribution in [0.1, 0.15) is 44.4 Å². The zero-order valence-electron chi connectivity index (χ0n) is 16.5. The van der Waals surface area contributed by atoms with Gasteiger partial charge < -0.3 is 19.9 Å². The molecule has 0 fully saturated rings. The van der Waals surface area contributed by atoms with Gasteiger partial charge in [-0.15, -0.1) is 6.58 Å². The van der Waals surface area contributed by atoms with Gasteiger partial charge in [-0.05, 0) is 53.9 Å². The molecule has 2 aliphatic heterocycles. The van der Waals surface area contributed by atoms with E-state index in [4.69, 9.17) is 9.47 Å². The van der Waals surface area contributed by atoms with Crippen molar-refractivity contribution < 1.29 is 14.6 Å². The molecule has 1 unspecified atom stereocenters. The zero-order chi connectivity index (χ0) is 20.2. The topological polar surface area (TPSA) is 50.7 Å². The number of benzene rings is 2. The second-order valence-corrected chi connectivity index (χ2v) is 8.72. The van der Waals surface area contributed by atoms with Crippen molar-refractivity contribution in [3.05, 3.63) is 52.5 Å². The molecule has 2 aromatic rings. The molecule has 2 aromatic carbocycles. The Morgan fingerprint density at radius 2 is 2.11 bits per heavy atom. The van der Waals surface area contributed by atoms with Crippen molar-refractivity contribution in [2.24, 2.45) is 0 Å². The number of aromatic hydroxyl groups is 1. The molecule has 28 heavy (non-hydrogen) atoms. The van der Waals surface area contributed by atoms with E-state index in [-0.39, 0.29) is 17.4 Å². The first-order valence-electron chi connectivity index (χ1n) is 9.29. The van der Waals surface area contributed by atoms with Gasteiger partial charge in [-0.3, -0.25) is 0 Å². The molecule has 2 aliphatic rings. The monoisotopic (exact) mass is 441 g/mol. The molecule has 0 saturated heterocycles. The van der Waals surface area contributed by atoms with Crippen molar-refractivity contribution >= 4 is 27.2 Å². The summed E-state index contributed by atoms with van der Waals surface area (Å²) in [5.41, 5.74) is 6.19. The number of fused-ring (bicyclic) bond motifs is 5. The number of hydrogen-bond acceptors (Lipinski definition) is 4. The third-order valence-electron chi connectivity index (χ3n) is 5.28. The smallest absolute Gasteiger partial charge is 0.172 e. The van der Waals surface area contributed by atoms with E-state index in [0.29, 0.717) is 22.4 Å². The number of hydrogen-bond donors (Lipinski definition) is 2. The second-order valence-electron chi connectivity index (χ2n) is 7.87. The fourth-order valence-electron chi connectivity index (χ4n) is 4.38. The summed E-state index contributed by atoms with van der Waals surface area (Å²) in [6.45, 7) is 10.4. The van der Waals surface area contributed by atoms with Crippen molar-refractivity contribution in [1.82, 2.24) is 0 Å². The van der Waals surface area contributed by atoms with Gasteiger partial charge in [-0.1, -0.05) is 18.2 Å². The quantitative estimate of drug-likeness (QED) is 0.537. The SMILES string of the molecule is C=CCC1Oc2c(Br)cc(O)c(OC)c2-c2ccc3c(c21)C(C)=CC(C)(C)N3. The van der Waals surface area contributed by atoms with E-state index in [9.17, 15) is 5.11 Å². The Hall–Kier alpha value is -2.40. The fraction of sp³-hybridized carbons (Fsp3) is 0.304. The lowest BCUT2D eigenvalue weighted by Crippen LogP contribution is -2.32. The van der Waals surface area contributed by atoms with E-state index in [0.717, 1.165) is 27.9 Å². The number of methoxy groups -OCH3 is 1. The van der Waals surface area contributed by atoms with Crippen LogP contribution in [0.4, 0.5) is 5.69 Å². The van der Waals surface area contributed by atoms with Crippen molar-refractivity contribution in [2.75, 3.05) is 12.4 Å². The number of halogens is 1. The van der Waals surface area contributed by atoms with Gasteiger partial charge in [-0.25, -0.2) is 0 Å². The molecule has 2 N–H and O–H groups in total. The molecule has 5 heteroatoms. The summed E-state index contributed by atoms with van der Waals surface area (Å²) >= 11 is 3.54. The first kappa shape index (κ1) is 18.9. The molecular weight excluding hydrogens is 418 g/mol. The maximum Gasteiger partial charge on any atom is 0.172 e. The van der Waals surface area contributed by atoms with Crippen LogP contribution < -0.4 is 14.8 Å². The van der Waals surface area contributed by atoms with Gasteiger partial charge >= 0.3 is 0 Å². The molecule has 0 radical (unpaired) electrons. The maximum atomic E-state index is 10.5. The van der Waals surface area contributed by atoms with Gasteiger partial charge in [-0.2, -0.15) is 0 Å². The van der Waals surface area contributed by atoms with Crippen LogP contribution in [0.3, 0.4) is 0 Å². The van der Waals surface area contributed by atoms with Gasteiger partial charge in [0.25, 0.3) is 0 Å². The molecule has 0 bridgehead atoms. The number of rotatable bonds is 3. The minimum atomic E-state index is -0.174. The molecule has 0 spiro atoms. The van der Waals surface area contributed by atoms with Gasteiger partial charge in [0.2, 0.25) is 0 Å². The van der Waals surface area contributed by atoms with E-state index in [2.05, 4.69) is 66.8 Å². The van der Waals surface area contributed by atoms with E-state index in [1.165, 1.54) is 5.57 Å². The number of allylic oxidation sites excluding steroid dienone is 1. The Balaban J connectivity index is 2.07. The van der Waals surface area contributed by atoms with Gasteiger partial charge in [0.1, 0.15) is 11.9 Å². The average molecular weight is 442 g/mol. The van der Waals surface area contributed by atoms with Crippen LogP contribution in [0.2, 0.25) is 0 Å². The summed E-state index contributed by atoms with van der Waals surface area (Å²) in [7, 11) is 1.56. The Morgan fingerprint density at radius 3 is 2.79 bits per heavy atom. The van der Waals surface area contributed by atoms with E-state index in [1.54, 1.807) is 13.2 Å². The van der Waals surface area contributed by atoms with Crippen LogP contribution in [0, 0.1) is 0 Å². The number of phenols is 1. The lowest BCUT2D eigenvalue weighted by molar-refractivity contribution is 0.202. The Kier molecular flexibility index (Phi) is 4.46. The summed E-state index contributed by atoms with van der Waals surface area (Å²) in [6.07, 6.45) is 4.62. The van der Waals surface area contributed by atoms with Crippen molar-refractivity contribution in [1.29, 1.82) is 0 Å². The predicted octanol–water partition coefficient (Wildman–Crippen LogP) is 6.45. The van der Waals surface area contributed by atoms with Crippen molar-refractivity contribution in [3.63, 3.8) is 0 Å². The van der Waals surface area contributed by atoms with Crippen LogP contribution in [-0.2, 0) is 0 Å². The number of phenolic OH excluding ortho intramolecular Hbond substituents is 1. The lowest BCUT2D eigenvalue weighted by Gasteiger charge is -2.37. The highest BCUT2D eigenvalue weighted by atomic mass is 79.9. The number of nitrogens with one attached hydrogen (secondary N) is 1. The summed E-state index contributed by atoms with van der Waals surface area (Å²) in [5.74, 6) is 1.18. The molecule has 4 nitrogen and oxygen atoms in total. The highest BCUT2D eigenvalue weighted by molar-refractivity contribution is 9.10. The third kappa shape index (κ3) is 2.80. The average Bonchev–Trinajstić information content (AvgIpc) is 2.61. The molecule has 1 atom stereocenters. The van der Waals surface area contributed by atoms with E-state index >= 15 is 0 Å². The molecule has 0 aliphatic carbocycles.